The Hall–Kier alpha value is -4.05. The van der Waals surface area contributed by atoms with E-state index in [1.807, 2.05) is 29.8 Å². The number of amides is 1. The van der Waals surface area contributed by atoms with Gasteiger partial charge < -0.3 is 19.2 Å². The van der Waals surface area contributed by atoms with Crippen LogP contribution in [0, 0.1) is 6.92 Å². The first kappa shape index (κ1) is 20.3. The van der Waals surface area contributed by atoms with Gasteiger partial charge in [-0.3, -0.25) is 14.7 Å². The van der Waals surface area contributed by atoms with Gasteiger partial charge in [0.2, 0.25) is 11.8 Å². The van der Waals surface area contributed by atoms with E-state index in [-0.39, 0.29) is 24.1 Å². The number of aryl methyl sites for hydroxylation is 1. The van der Waals surface area contributed by atoms with E-state index in [2.05, 4.69) is 31.5 Å². The van der Waals surface area contributed by atoms with Gasteiger partial charge >= 0.3 is 0 Å². The number of carbonyl (C=O) groups is 1. The fourth-order valence-electron chi connectivity index (χ4n) is 5.12. The van der Waals surface area contributed by atoms with Gasteiger partial charge in [0.15, 0.2) is 16.7 Å². The monoisotopic (exact) mass is 469 g/mol. The number of fused-ring (bicyclic) bond motifs is 4. The maximum absolute atomic E-state index is 13.7. The van der Waals surface area contributed by atoms with E-state index in [1.54, 1.807) is 11.1 Å². The molecule has 10 nitrogen and oxygen atoms in total. The van der Waals surface area contributed by atoms with Crippen molar-refractivity contribution in [3.05, 3.63) is 52.4 Å². The van der Waals surface area contributed by atoms with Gasteiger partial charge in [0, 0.05) is 41.7 Å². The van der Waals surface area contributed by atoms with Crippen molar-refractivity contribution in [3.63, 3.8) is 0 Å². The molecule has 0 bridgehead atoms. The first-order valence-electron chi connectivity index (χ1n) is 11.8. The Morgan fingerprint density at radius 2 is 2.09 bits per heavy atom. The Labute approximate surface area is 198 Å². The summed E-state index contributed by atoms with van der Waals surface area (Å²) in [5.74, 6) is 0.390. The molecule has 1 aromatic carbocycles. The zero-order valence-corrected chi connectivity index (χ0v) is 19.2. The largest absolute Gasteiger partial charge is 0.438 e. The van der Waals surface area contributed by atoms with Gasteiger partial charge in [-0.15, -0.1) is 0 Å². The summed E-state index contributed by atoms with van der Waals surface area (Å²) in [6, 6.07) is 6.26. The molecule has 2 aliphatic rings. The van der Waals surface area contributed by atoms with Gasteiger partial charge in [0.25, 0.3) is 5.56 Å². The minimum Gasteiger partial charge on any atom is -0.438 e. The van der Waals surface area contributed by atoms with E-state index >= 15 is 0 Å². The molecule has 5 aromatic rings. The number of hydrogen-bond acceptors (Lipinski definition) is 7. The number of nitrogens with zero attached hydrogens (tertiary/aromatic N) is 5. The van der Waals surface area contributed by atoms with Crippen molar-refractivity contribution in [1.82, 2.24) is 34.9 Å². The number of oxazole rings is 1. The van der Waals surface area contributed by atoms with Crippen LogP contribution < -0.4 is 10.9 Å². The van der Waals surface area contributed by atoms with Gasteiger partial charge in [-0.05, 0) is 43.0 Å². The van der Waals surface area contributed by atoms with Crippen molar-refractivity contribution in [3.8, 4) is 11.1 Å². The fourth-order valence-corrected chi connectivity index (χ4v) is 5.12. The molecule has 0 unspecified atom stereocenters. The molecule has 1 amide bonds. The number of nitrogens with one attached hydrogen (secondary N) is 2. The van der Waals surface area contributed by atoms with Crippen LogP contribution in [0.3, 0.4) is 0 Å². The van der Waals surface area contributed by atoms with E-state index in [0.717, 1.165) is 58.0 Å². The quantitative estimate of drug-likeness (QED) is 0.415. The highest BCUT2D eigenvalue weighted by atomic mass is 16.3. The molecule has 4 aromatic heterocycles. The van der Waals surface area contributed by atoms with Crippen LogP contribution in [-0.2, 0) is 11.3 Å². The third kappa shape index (κ3) is 3.17. The number of H-pyrrole nitrogens is 1. The van der Waals surface area contributed by atoms with Crippen LogP contribution in [0.5, 0.6) is 0 Å². The predicted octanol–water partition coefficient (Wildman–Crippen LogP) is 2.66. The van der Waals surface area contributed by atoms with Gasteiger partial charge in [-0.25, -0.2) is 9.97 Å². The molecule has 2 N–H and O–H groups in total. The normalized spacial score (nSPS) is 16.7. The molecule has 5 heterocycles. The summed E-state index contributed by atoms with van der Waals surface area (Å²) in [7, 11) is 0. The maximum Gasteiger partial charge on any atom is 0.281 e. The minimum atomic E-state index is -0.139. The van der Waals surface area contributed by atoms with E-state index in [4.69, 9.17) is 4.42 Å². The topological polar surface area (TPSA) is 122 Å². The van der Waals surface area contributed by atoms with Crippen LogP contribution in [0.1, 0.15) is 30.3 Å². The second-order valence-corrected chi connectivity index (χ2v) is 9.35. The summed E-state index contributed by atoms with van der Waals surface area (Å²) in [5, 5.41) is 11.8. The SMILES string of the molecule is Cc1c(-c2cnc3[nH]ncc3c2)ccc2c3oc(CN4CCNCC4=O)nc3c(=O)n(C3CC3)c12. The highest BCUT2D eigenvalue weighted by Gasteiger charge is 2.30. The third-order valence-corrected chi connectivity index (χ3v) is 7.04. The lowest BCUT2D eigenvalue weighted by Gasteiger charge is -2.25. The number of pyridine rings is 2. The van der Waals surface area contributed by atoms with E-state index < -0.39 is 0 Å². The maximum atomic E-state index is 13.7. The van der Waals surface area contributed by atoms with Gasteiger partial charge in [-0.1, -0.05) is 6.07 Å². The highest BCUT2D eigenvalue weighted by Crippen LogP contribution is 2.40. The molecule has 0 atom stereocenters. The first-order valence-corrected chi connectivity index (χ1v) is 11.8. The second-order valence-electron chi connectivity index (χ2n) is 9.35. The summed E-state index contributed by atoms with van der Waals surface area (Å²) in [5.41, 5.74) is 5.24. The minimum absolute atomic E-state index is 0.00226. The van der Waals surface area contributed by atoms with Crippen LogP contribution >= 0.6 is 0 Å². The van der Waals surface area contributed by atoms with E-state index in [9.17, 15) is 9.59 Å². The lowest BCUT2D eigenvalue weighted by molar-refractivity contribution is -0.132. The fraction of sp³-hybridized carbons (Fsp3) is 0.320. The summed E-state index contributed by atoms with van der Waals surface area (Å²) >= 11 is 0. The van der Waals surface area contributed by atoms with Crippen molar-refractivity contribution < 1.29 is 9.21 Å². The van der Waals surface area contributed by atoms with Crippen molar-refractivity contribution in [2.75, 3.05) is 19.6 Å². The lowest BCUT2D eigenvalue weighted by Crippen LogP contribution is -2.47. The number of benzene rings is 1. The van der Waals surface area contributed by atoms with Crippen LogP contribution in [0.4, 0.5) is 0 Å². The van der Waals surface area contributed by atoms with Crippen molar-refractivity contribution in [2.24, 2.45) is 0 Å². The van der Waals surface area contributed by atoms with E-state index in [1.165, 1.54) is 0 Å². The van der Waals surface area contributed by atoms with Gasteiger partial charge in [0.05, 0.1) is 24.8 Å². The third-order valence-electron chi connectivity index (χ3n) is 7.04. The number of hydrogen-bond donors (Lipinski definition) is 2. The Morgan fingerprint density at radius 1 is 1.20 bits per heavy atom. The Kier molecular flexibility index (Phi) is 4.34. The molecule has 0 radical (unpaired) electrons. The molecule has 1 aliphatic heterocycles. The lowest BCUT2D eigenvalue weighted by atomic mass is 9.97. The number of carbonyl (C=O) groups excluding carboxylic acids is 1. The molecule has 0 spiro atoms. The van der Waals surface area contributed by atoms with Crippen molar-refractivity contribution >= 4 is 38.9 Å². The van der Waals surface area contributed by atoms with Crippen molar-refractivity contribution in [1.29, 1.82) is 0 Å². The molecule has 10 heteroatoms. The van der Waals surface area contributed by atoms with Crippen LogP contribution in [0.25, 0.3) is 44.2 Å². The molecule has 1 aliphatic carbocycles. The van der Waals surface area contributed by atoms with Crippen LogP contribution in [-0.4, -0.2) is 55.2 Å². The molecule has 176 valence electrons. The Bertz CT molecular complexity index is 1710. The Morgan fingerprint density at radius 3 is 2.91 bits per heavy atom. The molecule has 1 saturated heterocycles. The summed E-state index contributed by atoms with van der Waals surface area (Å²) < 4.78 is 8.04. The highest BCUT2D eigenvalue weighted by molar-refractivity contribution is 6.04. The zero-order valence-electron chi connectivity index (χ0n) is 19.2. The average molecular weight is 470 g/mol. The van der Waals surface area contributed by atoms with E-state index in [0.29, 0.717) is 30.1 Å². The number of aromatic amines is 1. The van der Waals surface area contributed by atoms with Gasteiger partial charge in [0.1, 0.15) is 0 Å². The van der Waals surface area contributed by atoms with Crippen LogP contribution in [0.15, 0.2) is 39.8 Å². The van der Waals surface area contributed by atoms with Gasteiger partial charge in [-0.2, -0.15) is 5.10 Å². The standard InChI is InChI=1S/C25H23N7O3/c1-13-17(14-8-15-10-28-30-24(15)27-9-14)4-5-18-22(13)32(16-2-3-16)25(34)21-23(18)35-19(29-21)12-31-7-6-26-11-20(31)33/h4-5,8-10,16,26H,2-3,6-7,11-12H2,1H3,(H,27,28,30). The van der Waals surface area contributed by atoms with Crippen molar-refractivity contribution in [2.45, 2.75) is 32.4 Å². The Balaban J connectivity index is 1.42. The molecular weight excluding hydrogens is 446 g/mol. The second kappa shape index (κ2) is 7.47. The summed E-state index contributed by atoms with van der Waals surface area (Å²) in [6.45, 7) is 3.91. The molecule has 35 heavy (non-hydrogen) atoms. The summed E-state index contributed by atoms with van der Waals surface area (Å²) in [4.78, 5) is 36.7. The number of aromatic nitrogens is 5. The van der Waals surface area contributed by atoms with Crippen LogP contribution in [0.2, 0.25) is 0 Å². The number of rotatable bonds is 4. The summed E-state index contributed by atoms with van der Waals surface area (Å²) in [6.07, 6.45) is 5.51. The average Bonchev–Trinajstić information content (AvgIpc) is 3.42. The predicted molar refractivity (Wildman–Crippen MR) is 130 cm³/mol. The zero-order chi connectivity index (χ0) is 23.7. The molecular formula is C25H23N7O3. The first-order chi connectivity index (χ1) is 17.1. The molecule has 2 fully saturated rings. The molecule has 7 rings (SSSR count). The smallest absolute Gasteiger partial charge is 0.281 e. The number of piperazine rings is 1. The molecule has 1 saturated carbocycles.